The number of aromatic nitrogens is 1. The van der Waals surface area contributed by atoms with Crippen molar-refractivity contribution in [1.82, 2.24) is 10.3 Å². The first kappa shape index (κ1) is 10.7. The maximum Gasteiger partial charge on any atom is 0.232 e. The second-order valence-electron chi connectivity index (χ2n) is 3.71. The van der Waals surface area contributed by atoms with Crippen LogP contribution in [-0.4, -0.2) is 24.2 Å². The minimum Gasteiger partial charge on any atom is -0.473 e. The molecule has 1 saturated heterocycles. The largest absolute Gasteiger partial charge is 0.473 e. The van der Waals surface area contributed by atoms with Crippen molar-refractivity contribution >= 4 is 11.6 Å². The highest BCUT2D eigenvalue weighted by atomic mass is 35.5. The Balaban J connectivity index is 1.98. The summed E-state index contributed by atoms with van der Waals surface area (Å²) >= 11 is 5.98. The predicted octanol–water partition coefficient (Wildman–Crippen LogP) is 2.26. The van der Waals surface area contributed by atoms with E-state index in [1.807, 2.05) is 6.07 Å². The Morgan fingerprint density at radius 3 is 3.20 bits per heavy atom. The highest BCUT2D eigenvalue weighted by Gasteiger charge is 2.15. The Morgan fingerprint density at radius 2 is 2.33 bits per heavy atom. The lowest BCUT2D eigenvalue weighted by atomic mass is 10.2. The van der Waals surface area contributed by atoms with E-state index in [0.717, 1.165) is 32.4 Å². The van der Waals surface area contributed by atoms with E-state index >= 15 is 0 Å². The molecule has 0 spiro atoms. The van der Waals surface area contributed by atoms with Gasteiger partial charge in [-0.15, -0.1) is 0 Å². The fourth-order valence-electron chi connectivity index (χ4n) is 1.72. The summed E-state index contributed by atoms with van der Waals surface area (Å²) < 4.78 is 5.78. The molecule has 0 radical (unpaired) electrons. The number of ether oxygens (including phenoxy) is 1. The lowest BCUT2D eigenvalue weighted by Crippen LogP contribution is -2.19. The van der Waals surface area contributed by atoms with E-state index in [0.29, 0.717) is 10.9 Å². The van der Waals surface area contributed by atoms with Gasteiger partial charge in [-0.3, -0.25) is 0 Å². The summed E-state index contributed by atoms with van der Waals surface area (Å²) in [5.74, 6) is 0.561. The van der Waals surface area contributed by atoms with E-state index in [4.69, 9.17) is 16.3 Å². The molecule has 1 atom stereocenters. The first-order chi connectivity index (χ1) is 7.36. The number of hydrogen-bond donors (Lipinski definition) is 1. The van der Waals surface area contributed by atoms with Gasteiger partial charge in [-0.1, -0.05) is 11.6 Å². The molecule has 0 aromatic carbocycles. The van der Waals surface area contributed by atoms with Crippen LogP contribution in [0.25, 0.3) is 0 Å². The first-order valence-corrected chi connectivity index (χ1v) is 5.72. The summed E-state index contributed by atoms with van der Waals surface area (Å²) in [6.07, 6.45) is 5.19. The summed E-state index contributed by atoms with van der Waals surface area (Å²) in [7, 11) is 0. The van der Waals surface area contributed by atoms with Crippen LogP contribution in [-0.2, 0) is 0 Å². The molecule has 1 aliphatic rings. The molecule has 2 heterocycles. The zero-order valence-corrected chi connectivity index (χ0v) is 9.33. The molecule has 0 aliphatic carbocycles. The molecule has 1 N–H and O–H groups in total. The third kappa shape index (κ3) is 3.08. The standard InChI is InChI=1S/C11H15ClN2O/c12-10-4-2-7-14-11(10)15-9-3-1-6-13-8-5-9/h2,4,7,9,13H,1,3,5-6,8H2. The Kier molecular flexibility index (Phi) is 3.80. The van der Waals surface area contributed by atoms with Gasteiger partial charge in [0, 0.05) is 6.20 Å². The van der Waals surface area contributed by atoms with E-state index in [-0.39, 0.29) is 6.10 Å². The molecular weight excluding hydrogens is 212 g/mol. The van der Waals surface area contributed by atoms with Gasteiger partial charge < -0.3 is 10.1 Å². The van der Waals surface area contributed by atoms with Crippen molar-refractivity contribution < 1.29 is 4.74 Å². The van der Waals surface area contributed by atoms with Crippen LogP contribution in [0.5, 0.6) is 5.88 Å². The zero-order valence-electron chi connectivity index (χ0n) is 8.58. The molecule has 2 rings (SSSR count). The lowest BCUT2D eigenvalue weighted by Gasteiger charge is -2.16. The molecule has 4 heteroatoms. The minimum atomic E-state index is 0.243. The third-order valence-electron chi connectivity index (χ3n) is 2.53. The number of rotatable bonds is 2. The normalized spacial score (nSPS) is 22.1. The maximum absolute atomic E-state index is 5.98. The zero-order chi connectivity index (χ0) is 10.5. The molecule has 0 amide bonds. The molecule has 15 heavy (non-hydrogen) atoms. The van der Waals surface area contributed by atoms with Crippen molar-refractivity contribution in [3.63, 3.8) is 0 Å². The van der Waals surface area contributed by atoms with E-state index in [9.17, 15) is 0 Å². The Labute approximate surface area is 94.8 Å². The fourth-order valence-corrected chi connectivity index (χ4v) is 1.89. The van der Waals surface area contributed by atoms with Gasteiger partial charge in [0.15, 0.2) is 0 Å². The van der Waals surface area contributed by atoms with Crippen molar-refractivity contribution in [1.29, 1.82) is 0 Å². The van der Waals surface area contributed by atoms with Gasteiger partial charge in [0.05, 0.1) is 0 Å². The summed E-state index contributed by atoms with van der Waals surface area (Å²) in [6.45, 7) is 2.09. The molecule has 3 nitrogen and oxygen atoms in total. The van der Waals surface area contributed by atoms with Crippen molar-refractivity contribution in [2.45, 2.75) is 25.4 Å². The molecule has 1 unspecified atom stereocenters. The minimum absolute atomic E-state index is 0.243. The summed E-state index contributed by atoms with van der Waals surface area (Å²) in [4.78, 5) is 4.13. The van der Waals surface area contributed by atoms with E-state index < -0.39 is 0 Å². The first-order valence-electron chi connectivity index (χ1n) is 5.34. The van der Waals surface area contributed by atoms with E-state index in [1.54, 1.807) is 12.3 Å². The molecular formula is C11H15ClN2O. The number of hydrogen-bond acceptors (Lipinski definition) is 3. The Bertz CT molecular complexity index is 311. The fraction of sp³-hybridized carbons (Fsp3) is 0.545. The van der Waals surface area contributed by atoms with Crippen molar-refractivity contribution in [2.75, 3.05) is 13.1 Å². The van der Waals surface area contributed by atoms with Gasteiger partial charge in [-0.25, -0.2) is 4.98 Å². The second-order valence-corrected chi connectivity index (χ2v) is 4.12. The number of nitrogens with zero attached hydrogens (tertiary/aromatic N) is 1. The van der Waals surface area contributed by atoms with E-state index in [2.05, 4.69) is 10.3 Å². The smallest absolute Gasteiger partial charge is 0.232 e. The van der Waals surface area contributed by atoms with Crippen molar-refractivity contribution in [3.05, 3.63) is 23.4 Å². The van der Waals surface area contributed by atoms with Gasteiger partial charge in [0.25, 0.3) is 0 Å². The summed E-state index contributed by atoms with van der Waals surface area (Å²) in [5.41, 5.74) is 0. The van der Waals surface area contributed by atoms with Crippen LogP contribution in [0.4, 0.5) is 0 Å². The molecule has 0 bridgehead atoms. The van der Waals surface area contributed by atoms with Gasteiger partial charge >= 0.3 is 0 Å². The van der Waals surface area contributed by atoms with Gasteiger partial charge in [0.2, 0.25) is 5.88 Å². The van der Waals surface area contributed by atoms with Crippen LogP contribution in [0.1, 0.15) is 19.3 Å². The molecule has 0 saturated carbocycles. The van der Waals surface area contributed by atoms with Crippen LogP contribution in [0.15, 0.2) is 18.3 Å². The molecule has 82 valence electrons. The van der Waals surface area contributed by atoms with Gasteiger partial charge in [0.1, 0.15) is 11.1 Å². The molecule has 1 aromatic rings. The summed E-state index contributed by atoms with van der Waals surface area (Å²) in [5, 5.41) is 3.94. The third-order valence-corrected chi connectivity index (χ3v) is 2.81. The number of pyridine rings is 1. The van der Waals surface area contributed by atoms with Crippen LogP contribution in [0.3, 0.4) is 0 Å². The van der Waals surface area contributed by atoms with E-state index in [1.165, 1.54) is 0 Å². The predicted molar refractivity (Wildman–Crippen MR) is 60.4 cm³/mol. The SMILES string of the molecule is Clc1cccnc1OC1CCCNCC1. The molecule has 1 fully saturated rings. The number of nitrogens with one attached hydrogen (secondary N) is 1. The highest BCUT2D eigenvalue weighted by Crippen LogP contribution is 2.23. The average molecular weight is 227 g/mol. The monoisotopic (exact) mass is 226 g/mol. The van der Waals surface area contributed by atoms with Crippen LogP contribution < -0.4 is 10.1 Å². The van der Waals surface area contributed by atoms with Crippen molar-refractivity contribution in [2.24, 2.45) is 0 Å². The quantitative estimate of drug-likeness (QED) is 0.840. The Morgan fingerprint density at radius 1 is 1.40 bits per heavy atom. The average Bonchev–Trinajstić information content (AvgIpc) is 2.50. The van der Waals surface area contributed by atoms with Crippen LogP contribution in [0.2, 0.25) is 5.02 Å². The lowest BCUT2D eigenvalue weighted by molar-refractivity contribution is 0.180. The van der Waals surface area contributed by atoms with Gasteiger partial charge in [-0.2, -0.15) is 0 Å². The van der Waals surface area contributed by atoms with Crippen molar-refractivity contribution in [3.8, 4) is 5.88 Å². The maximum atomic E-state index is 5.98. The topological polar surface area (TPSA) is 34.1 Å². The van der Waals surface area contributed by atoms with Crippen LogP contribution in [0, 0.1) is 0 Å². The second kappa shape index (κ2) is 5.33. The Hall–Kier alpha value is -0.800. The number of halogens is 1. The summed E-state index contributed by atoms with van der Waals surface area (Å²) in [6, 6.07) is 3.61. The van der Waals surface area contributed by atoms with Crippen LogP contribution >= 0.6 is 11.6 Å². The molecule has 1 aromatic heterocycles. The molecule has 1 aliphatic heterocycles. The van der Waals surface area contributed by atoms with Gasteiger partial charge in [-0.05, 0) is 44.5 Å². The highest BCUT2D eigenvalue weighted by molar-refractivity contribution is 6.31.